The van der Waals surface area contributed by atoms with E-state index in [1.165, 1.54) is 37.4 Å². The van der Waals surface area contributed by atoms with Crippen LogP contribution < -0.4 is 16.0 Å². The van der Waals surface area contributed by atoms with Crippen molar-refractivity contribution in [3.63, 3.8) is 0 Å². The molecule has 0 aliphatic carbocycles. The number of amides is 3. The van der Waals surface area contributed by atoms with E-state index in [-0.39, 0.29) is 30.1 Å². The number of hydrogen-bond donors (Lipinski definition) is 3. The van der Waals surface area contributed by atoms with Gasteiger partial charge in [0.2, 0.25) is 0 Å². The van der Waals surface area contributed by atoms with Crippen molar-refractivity contribution in [3.05, 3.63) is 59.7 Å². The molecule has 8 nitrogen and oxygen atoms in total. The van der Waals surface area contributed by atoms with Gasteiger partial charge in [0.15, 0.2) is 6.61 Å². The molecule has 0 saturated heterocycles. The molecular weight excluding hydrogens is 419 g/mol. The van der Waals surface area contributed by atoms with Crippen LogP contribution in [0.1, 0.15) is 15.9 Å². The van der Waals surface area contributed by atoms with E-state index in [0.717, 1.165) is 12.1 Å². The van der Waals surface area contributed by atoms with Gasteiger partial charge in [-0.1, -0.05) is 18.2 Å². The second-order valence-electron chi connectivity index (χ2n) is 6.12. The van der Waals surface area contributed by atoms with E-state index in [4.69, 9.17) is 9.47 Å². The number of benzene rings is 2. The summed E-state index contributed by atoms with van der Waals surface area (Å²) in [6.45, 7) is -0.287. The van der Waals surface area contributed by atoms with Crippen LogP contribution in [-0.2, 0) is 20.4 Å². The molecule has 31 heavy (non-hydrogen) atoms. The van der Waals surface area contributed by atoms with Crippen LogP contribution in [-0.4, -0.2) is 44.8 Å². The maximum Gasteiger partial charge on any atom is 0.416 e. The Labute approximate surface area is 175 Å². The standard InChI is InChI=1S/C20H20F3N3O5/c1-30-10-9-24-19(29)26-17(27)12-31-18(28)15-7-2-3-8-16(15)25-14-6-4-5-13(11-14)20(21,22)23/h2-8,11,25H,9-10,12H2,1H3,(H2,24,26,27,29). The number of carbonyl (C=O) groups is 3. The second kappa shape index (κ2) is 11.0. The first-order valence-electron chi connectivity index (χ1n) is 8.97. The Kier molecular flexibility index (Phi) is 8.38. The van der Waals surface area contributed by atoms with E-state index in [1.807, 2.05) is 5.32 Å². The smallest absolute Gasteiger partial charge is 0.416 e. The normalized spacial score (nSPS) is 10.8. The number of esters is 1. The van der Waals surface area contributed by atoms with Crippen molar-refractivity contribution in [2.45, 2.75) is 6.18 Å². The number of para-hydroxylation sites is 1. The van der Waals surface area contributed by atoms with Crippen molar-refractivity contribution < 1.29 is 37.0 Å². The van der Waals surface area contributed by atoms with E-state index in [2.05, 4.69) is 10.6 Å². The monoisotopic (exact) mass is 439 g/mol. The maximum absolute atomic E-state index is 12.9. The van der Waals surface area contributed by atoms with Gasteiger partial charge in [-0.25, -0.2) is 9.59 Å². The summed E-state index contributed by atoms with van der Waals surface area (Å²) in [5.41, 5.74) is -0.555. The lowest BCUT2D eigenvalue weighted by Crippen LogP contribution is -2.42. The molecular formula is C20H20F3N3O5. The summed E-state index contributed by atoms with van der Waals surface area (Å²) in [6.07, 6.45) is -4.51. The van der Waals surface area contributed by atoms with Gasteiger partial charge in [0.25, 0.3) is 5.91 Å². The highest BCUT2D eigenvalue weighted by Gasteiger charge is 2.30. The number of hydrogen-bond acceptors (Lipinski definition) is 6. The van der Waals surface area contributed by atoms with Crippen molar-refractivity contribution in [1.82, 2.24) is 10.6 Å². The molecule has 0 aliphatic heterocycles. The van der Waals surface area contributed by atoms with Crippen molar-refractivity contribution in [2.24, 2.45) is 0 Å². The number of nitrogens with one attached hydrogen (secondary N) is 3. The fourth-order valence-corrected chi connectivity index (χ4v) is 2.38. The van der Waals surface area contributed by atoms with Gasteiger partial charge in [0.05, 0.1) is 23.4 Å². The Hall–Kier alpha value is -3.60. The quantitative estimate of drug-likeness (QED) is 0.431. The average molecular weight is 439 g/mol. The summed E-state index contributed by atoms with van der Waals surface area (Å²) in [7, 11) is 1.45. The molecule has 0 bridgehead atoms. The molecule has 2 rings (SSSR count). The summed E-state index contributed by atoms with van der Waals surface area (Å²) in [5, 5.41) is 7.07. The predicted octanol–water partition coefficient (Wildman–Crippen LogP) is 3.08. The van der Waals surface area contributed by atoms with Crippen LogP contribution in [0.5, 0.6) is 0 Å². The van der Waals surface area contributed by atoms with Gasteiger partial charge >= 0.3 is 18.2 Å². The fourth-order valence-electron chi connectivity index (χ4n) is 2.38. The minimum Gasteiger partial charge on any atom is -0.452 e. The number of halogens is 3. The van der Waals surface area contributed by atoms with Crippen molar-refractivity contribution in [3.8, 4) is 0 Å². The molecule has 11 heteroatoms. The minimum absolute atomic E-state index is 0.00254. The number of methoxy groups -OCH3 is 1. The Balaban J connectivity index is 1.99. The molecule has 3 amide bonds. The largest absolute Gasteiger partial charge is 0.452 e. The van der Waals surface area contributed by atoms with Crippen LogP contribution in [0.25, 0.3) is 0 Å². The predicted molar refractivity (Wildman–Crippen MR) is 105 cm³/mol. The van der Waals surface area contributed by atoms with Gasteiger partial charge in [-0.2, -0.15) is 13.2 Å². The minimum atomic E-state index is -4.51. The van der Waals surface area contributed by atoms with E-state index >= 15 is 0 Å². The van der Waals surface area contributed by atoms with E-state index in [1.54, 1.807) is 6.07 Å². The first-order valence-corrected chi connectivity index (χ1v) is 8.97. The molecule has 0 aliphatic rings. The zero-order valence-electron chi connectivity index (χ0n) is 16.4. The van der Waals surface area contributed by atoms with E-state index in [9.17, 15) is 27.6 Å². The molecule has 0 radical (unpaired) electrons. The van der Waals surface area contributed by atoms with Gasteiger partial charge in [-0.3, -0.25) is 10.1 Å². The first kappa shape index (κ1) is 23.7. The molecule has 2 aromatic carbocycles. The zero-order chi connectivity index (χ0) is 22.9. The Morgan fingerprint density at radius 2 is 1.77 bits per heavy atom. The number of imide groups is 1. The third kappa shape index (κ3) is 7.63. The van der Waals surface area contributed by atoms with Gasteiger partial charge in [0.1, 0.15) is 0 Å². The summed E-state index contributed by atoms with van der Waals surface area (Å²) in [5.74, 6) is -1.75. The fraction of sp³-hybridized carbons (Fsp3) is 0.250. The SMILES string of the molecule is COCCNC(=O)NC(=O)COC(=O)c1ccccc1Nc1cccc(C(F)(F)F)c1. The van der Waals surface area contributed by atoms with Crippen molar-refractivity contribution >= 4 is 29.3 Å². The highest BCUT2D eigenvalue weighted by molar-refractivity contribution is 5.99. The Morgan fingerprint density at radius 3 is 2.48 bits per heavy atom. The molecule has 0 unspecified atom stereocenters. The molecule has 0 spiro atoms. The maximum atomic E-state index is 12.9. The lowest BCUT2D eigenvalue weighted by Gasteiger charge is -2.13. The van der Waals surface area contributed by atoms with Gasteiger partial charge in [-0.05, 0) is 30.3 Å². The van der Waals surface area contributed by atoms with Crippen LogP contribution in [0.3, 0.4) is 0 Å². The van der Waals surface area contributed by atoms with E-state index < -0.39 is 36.3 Å². The average Bonchev–Trinajstić information content (AvgIpc) is 2.72. The Bertz CT molecular complexity index is 934. The third-order valence-electron chi connectivity index (χ3n) is 3.79. The van der Waals surface area contributed by atoms with E-state index in [0.29, 0.717) is 0 Å². The topological polar surface area (TPSA) is 106 Å². The Morgan fingerprint density at radius 1 is 1.03 bits per heavy atom. The summed E-state index contributed by atoms with van der Waals surface area (Å²) >= 11 is 0. The molecule has 0 heterocycles. The number of ether oxygens (including phenoxy) is 2. The number of anilines is 2. The van der Waals surface area contributed by atoms with Crippen LogP contribution in [0, 0.1) is 0 Å². The molecule has 0 atom stereocenters. The lowest BCUT2D eigenvalue weighted by molar-refractivity contribution is -0.137. The van der Waals surface area contributed by atoms with Crippen LogP contribution >= 0.6 is 0 Å². The highest BCUT2D eigenvalue weighted by atomic mass is 19.4. The van der Waals surface area contributed by atoms with Crippen LogP contribution in [0.2, 0.25) is 0 Å². The molecule has 0 aromatic heterocycles. The highest BCUT2D eigenvalue weighted by Crippen LogP contribution is 2.31. The zero-order valence-corrected chi connectivity index (χ0v) is 16.4. The molecule has 2 aromatic rings. The second-order valence-corrected chi connectivity index (χ2v) is 6.12. The molecule has 3 N–H and O–H groups in total. The number of alkyl halides is 3. The van der Waals surface area contributed by atoms with Crippen molar-refractivity contribution in [2.75, 3.05) is 32.2 Å². The van der Waals surface area contributed by atoms with Gasteiger partial charge in [0, 0.05) is 19.3 Å². The van der Waals surface area contributed by atoms with Crippen molar-refractivity contribution in [1.29, 1.82) is 0 Å². The lowest BCUT2D eigenvalue weighted by atomic mass is 10.1. The third-order valence-corrected chi connectivity index (χ3v) is 3.79. The molecule has 166 valence electrons. The summed E-state index contributed by atoms with van der Waals surface area (Å²) < 4.78 is 48.3. The number of rotatable bonds is 8. The summed E-state index contributed by atoms with van der Waals surface area (Å²) in [4.78, 5) is 35.5. The molecule has 0 saturated carbocycles. The molecule has 0 fully saturated rings. The first-order chi connectivity index (χ1) is 14.7. The van der Waals surface area contributed by atoms with Gasteiger partial charge < -0.3 is 20.1 Å². The number of urea groups is 1. The summed E-state index contributed by atoms with van der Waals surface area (Å²) in [6, 6.07) is 9.65. The number of carbonyl (C=O) groups excluding carboxylic acids is 3. The van der Waals surface area contributed by atoms with Crippen LogP contribution in [0.15, 0.2) is 48.5 Å². The van der Waals surface area contributed by atoms with Gasteiger partial charge in [-0.15, -0.1) is 0 Å². The van der Waals surface area contributed by atoms with Crippen LogP contribution in [0.4, 0.5) is 29.3 Å².